The minimum atomic E-state index is -3.32. The fourth-order valence-corrected chi connectivity index (χ4v) is 3.03. The maximum Gasteiger partial charge on any atom is 0.251 e. The lowest BCUT2D eigenvalue weighted by molar-refractivity contribution is 0.0945. The second-order valence-corrected chi connectivity index (χ2v) is 7.78. The number of amides is 1. The summed E-state index contributed by atoms with van der Waals surface area (Å²) >= 11 is 0. The van der Waals surface area contributed by atoms with Gasteiger partial charge >= 0.3 is 0 Å². The molecule has 1 amide bonds. The highest BCUT2D eigenvalue weighted by atomic mass is 32.2. The van der Waals surface area contributed by atoms with Crippen molar-refractivity contribution >= 4 is 21.6 Å². The zero-order valence-electron chi connectivity index (χ0n) is 14.5. The highest BCUT2D eigenvalue weighted by molar-refractivity contribution is 7.92. The van der Waals surface area contributed by atoms with Crippen LogP contribution < -0.4 is 10.0 Å². The average molecular weight is 340 g/mol. The molecule has 6 heteroatoms. The van der Waals surface area contributed by atoms with Crippen molar-refractivity contribution < 1.29 is 13.2 Å². The molecule has 1 atom stereocenters. The molecule has 0 bridgehead atoms. The van der Waals surface area contributed by atoms with Crippen molar-refractivity contribution in [2.24, 2.45) is 5.92 Å². The van der Waals surface area contributed by atoms with E-state index in [1.54, 1.807) is 25.1 Å². The van der Waals surface area contributed by atoms with Crippen LogP contribution in [0.3, 0.4) is 0 Å². The zero-order valence-corrected chi connectivity index (χ0v) is 15.3. The lowest BCUT2D eigenvalue weighted by Crippen LogP contribution is -2.29. The van der Waals surface area contributed by atoms with Crippen LogP contribution in [0.15, 0.2) is 18.2 Å². The summed E-state index contributed by atoms with van der Waals surface area (Å²) in [6.07, 6.45) is 5.63. The Hall–Kier alpha value is -1.56. The van der Waals surface area contributed by atoms with Crippen LogP contribution in [0.5, 0.6) is 0 Å². The Morgan fingerprint density at radius 2 is 1.96 bits per heavy atom. The largest absolute Gasteiger partial charge is 0.352 e. The van der Waals surface area contributed by atoms with Gasteiger partial charge < -0.3 is 5.32 Å². The van der Waals surface area contributed by atoms with E-state index in [1.165, 1.54) is 12.8 Å². The summed E-state index contributed by atoms with van der Waals surface area (Å²) in [7, 11) is -3.32. The fraction of sp³-hybridized carbons (Fsp3) is 0.588. The molecule has 0 aromatic heterocycles. The molecule has 0 aliphatic heterocycles. The molecule has 23 heavy (non-hydrogen) atoms. The molecule has 0 aliphatic carbocycles. The minimum absolute atomic E-state index is 0.117. The first-order valence-electron chi connectivity index (χ1n) is 8.13. The number of anilines is 1. The summed E-state index contributed by atoms with van der Waals surface area (Å²) in [5.74, 6) is 0.389. The maximum atomic E-state index is 12.2. The Morgan fingerprint density at radius 3 is 2.48 bits per heavy atom. The Bertz CT molecular complexity index is 627. The maximum absolute atomic E-state index is 12.2. The number of hydrogen-bond donors (Lipinski definition) is 2. The molecular formula is C17H28N2O3S. The molecule has 5 nitrogen and oxygen atoms in total. The number of rotatable bonds is 9. The van der Waals surface area contributed by atoms with Crippen molar-refractivity contribution in [3.05, 3.63) is 29.3 Å². The average Bonchev–Trinajstić information content (AvgIpc) is 2.48. The number of hydrogen-bond acceptors (Lipinski definition) is 3. The van der Waals surface area contributed by atoms with E-state index in [0.29, 0.717) is 23.7 Å². The molecule has 0 heterocycles. The van der Waals surface area contributed by atoms with Gasteiger partial charge in [0, 0.05) is 12.1 Å². The van der Waals surface area contributed by atoms with E-state index < -0.39 is 10.0 Å². The number of unbranched alkanes of at least 4 members (excludes halogenated alkanes) is 1. The van der Waals surface area contributed by atoms with Gasteiger partial charge in [-0.1, -0.05) is 33.1 Å². The van der Waals surface area contributed by atoms with Gasteiger partial charge in [-0.15, -0.1) is 0 Å². The van der Waals surface area contributed by atoms with Gasteiger partial charge in [-0.25, -0.2) is 8.42 Å². The third-order valence-electron chi connectivity index (χ3n) is 3.88. The van der Waals surface area contributed by atoms with Gasteiger partial charge in [-0.3, -0.25) is 9.52 Å². The first-order valence-corrected chi connectivity index (χ1v) is 10.0. The van der Waals surface area contributed by atoms with Gasteiger partial charge in [0.25, 0.3) is 5.91 Å². The Balaban J connectivity index is 2.68. The van der Waals surface area contributed by atoms with E-state index in [2.05, 4.69) is 23.9 Å². The summed E-state index contributed by atoms with van der Waals surface area (Å²) in [5, 5.41) is 2.98. The van der Waals surface area contributed by atoms with Gasteiger partial charge in [0.1, 0.15) is 0 Å². The Kier molecular flexibility index (Phi) is 7.55. The molecule has 2 N–H and O–H groups in total. The summed E-state index contributed by atoms with van der Waals surface area (Å²) in [6.45, 7) is 6.76. The highest BCUT2D eigenvalue weighted by Gasteiger charge is 2.12. The van der Waals surface area contributed by atoms with Gasteiger partial charge in [0.05, 0.1) is 11.9 Å². The third-order valence-corrected chi connectivity index (χ3v) is 4.47. The monoisotopic (exact) mass is 340 g/mol. The zero-order chi connectivity index (χ0) is 17.5. The Labute approximate surface area is 139 Å². The fourth-order valence-electron chi connectivity index (χ4n) is 2.40. The van der Waals surface area contributed by atoms with Crippen molar-refractivity contribution in [3.63, 3.8) is 0 Å². The highest BCUT2D eigenvalue weighted by Crippen LogP contribution is 2.18. The van der Waals surface area contributed by atoms with Crippen LogP contribution in [-0.4, -0.2) is 27.1 Å². The van der Waals surface area contributed by atoms with Crippen molar-refractivity contribution in [3.8, 4) is 0 Å². The van der Waals surface area contributed by atoms with Crippen LogP contribution in [0.25, 0.3) is 0 Å². The molecule has 0 unspecified atom stereocenters. The lowest BCUT2D eigenvalue weighted by atomic mass is 9.99. The summed E-state index contributed by atoms with van der Waals surface area (Å²) in [6, 6.07) is 4.97. The molecule has 1 rings (SSSR count). The number of benzene rings is 1. The van der Waals surface area contributed by atoms with Crippen molar-refractivity contribution in [2.45, 2.75) is 46.5 Å². The molecule has 0 radical (unpaired) electrons. The van der Waals surface area contributed by atoms with Crippen molar-refractivity contribution in [2.75, 3.05) is 17.5 Å². The van der Waals surface area contributed by atoms with E-state index in [-0.39, 0.29) is 5.91 Å². The minimum Gasteiger partial charge on any atom is -0.352 e. The van der Waals surface area contributed by atoms with Gasteiger partial charge in [0.15, 0.2) is 0 Å². The summed E-state index contributed by atoms with van der Waals surface area (Å²) in [4.78, 5) is 12.2. The first-order chi connectivity index (χ1) is 10.8. The van der Waals surface area contributed by atoms with Crippen LogP contribution in [0, 0.1) is 12.8 Å². The van der Waals surface area contributed by atoms with Crippen LogP contribution in [0.4, 0.5) is 5.69 Å². The van der Waals surface area contributed by atoms with Crippen LogP contribution >= 0.6 is 0 Å². The van der Waals surface area contributed by atoms with Crippen molar-refractivity contribution in [1.82, 2.24) is 5.32 Å². The van der Waals surface area contributed by atoms with E-state index in [0.717, 1.165) is 24.7 Å². The summed E-state index contributed by atoms with van der Waals surface area (Å²) < 4.78 is 25.0. The van der Waals surface area contributed by atoms with Gasteiger partial charge in [0.2, 0.25) is 10.0 Å². The molecule has 0 spiro atoms. The number of carbonyl (C=O) groups is 1. The third kappa shape index (κ3) is 7.03. The van der Waals surface area contributed by atoms with Crippen molar-refractivity contribution in [1.29, 1.82) is 0 Å². The molecule has 0 saturated heterocycles. The van der Waals surface area contributed by atoms with Crippen LogP contribution in [-0.2, 0) is 10.0 Å². The first kappa shape index (κ1) is 19.5. The van der Waals surface area contributed by atoms with E-state index in [1.807, 2.05) is 0 Å². The van der Waals surface area contributed by atoms with Crippen LogP contribution in [0.1, 0.15) is 55.5 Å². The smallest absolute Gasteiger partial charge is 0.251 e. The summed E-state index contributed by atoms with van der Waals surface area (Å²) in [5.41, 5.74) is 1.77. The molecule has 130 valence electrons. The Morgan fingerprint density at radius 1 is 1.26 bits per heavy atom. The van der Waals surface area contributed by atoms with E-state index >= 15 is 0 Å². The van der Waals surface area contributed by atoms with E-state index in [9.17, 15) is 13.2 Å². The predicted octanol–water partition coefficient (Wildman–Crippen LogP) is 3.31. The number of carbonyl (C=O) groups excluding carboxylic acids is 1. The van der Waals surface area contributed by atoms with Crippen LogP contribution in [0.2, 0.25) is 0 Å². The van der Waals surface area contributed by atoms with Gasteiger partial charge in [-0.05, 0) is 43.0 Å². The van der Waals surface area contributed by atoms with Gasteiger partial charge in [-0.2, -0.15) is 0 Å². The molecular weight excluding hydrogens is 312 g/mol. The standard InChI is InChI=1S/C17H28N2O3S/c1-5-7-8-14(6-2)12-18-17(20)15-9-10-16(13(3)11-15)19-23(4,21)22/h9-11,14,19H,5-8,12H2,1-4H3,(H,18,20)/t14-/m1/s1. The number of nitrogens with one attached hydrogen (secondary N) is 2. The molecule has 0 aliphatic rings. The second kappa shape index (κ2) is 8.91. The lowest BCUT2D eigenvalue weighted by Gasteiger charge is -2.16. The molecule has 0 saturated carbocycles. The molecule has 0 fully saturated rings. The number of sulfonamides is 1. The predicted molar refractivity (Wildman–Crippen MR) is 95.3 cm³/mol. The van der Waals surface area contributed by atoms with E-state index in [4.69, 9.17) is 0 Å². The SMILES string of the molecule is CCCC[C@@H](CC)CNC(=O)c1ccc(NS(C)(=O)=O)c(C)c1. The normalized spacial score (nSPS) is 12.7. The quantitative estimate of drug-likeness (QED) is 0.724. The number of aryl methyl sites for hydroxylation is 1. The molecule has 1 aromatic rings. The topological polar surface area (TPSA) is 75.3 Å². The molecule has 1 aromatic carbocycles. The second-order valence-electron chi connectivity index (χ2n) is 6.03.